The van der Waals surface area contributed by atoms with Crippen molar-refractivity contribution in [2.45, 2.75) is 20.0 Å². The van der Waals surface area contributed by atoms with E-state index in [0.29, 0.717) is 28.9 Å². The Hall–Kier alpha value is -2.71. The second-order valence-corrected chi connectivity index (χ2v) is 5.60. The van der Waals surface area contributed by atoms with Crippen LogP contribution in [0.2, 0.25) is 0 Å². The zero-order valence-electron chi connectivity index (χ0n) is 13.0. The van der Waals surface area contributed by atoms with E-state index in [1.54, 1.807) is 25.1 Å². The van der Waals surface area contributed by atoms with Gasteiger partial charge in [-0.15, -0.1) is 0 Å². The van der Waals surface area contributed by atoms with Crippen LogP contribution in [0, 0.1) is 0 Å². The first kappa shape index (κ1) is 16.2. The molecule has 0 fully saturated rings. The third-order valence-electron chi connectivity index (χ3n) is 3.94. The fourth-order valence-electron chi connectivity index (χ4n) is 2.55. The normalized spacial score (nSPS) is 17.3. The molecule has 0 unspecified atom stereocenters. The van der Waals surface area contributed by atoms with E-state index in [2.05, 4.69) is 10.6 Å². The molecule has 7 nitrogen and oxygen atoms in total. The molecule has 3 rings (SSSR count). The Balaban J connectivity index is 1.70. The van der Waals surface area contributed by atoms with E-state index in [4.69, 9.17) is 4.65 Å². The smallest absolute Gasteiger partial charge is 0.423 e. The summed E-state index contributed by atoms with van der Waals surface area (Å²) in [7, 11) is -0.980. The van der Waals surface area contributed by atoms with Gasteiger partial charge in [0.2, 0.25) is 11.8 Å². The molecule has 3 amide bonds. The lowest BCUT2D eigenvalue weighted by molar-refractivity contribution is -0.129. The monoisotopic (exact) mass is 326 g/mol. The number of benzene rings is 1. The molecule has 122 valence electrons. The van der Waals surface area contributed by atoms with Gasteiger partial charge in [-0.25, -0.2) is 0 Å². The third-order valence-corrected chi connectivity index (χ3v) is 3.94. The molecular weight excluding hydrogens is 311 g/mol. The van der Waals surface area contributed by atoms with Gasteiger partial charge in [-0.05, 0) is 35.7 Å². The number of imide groups is 1. The predicted octanol–water partition coefficient (Wildman–Crippen LogP) is -0.238. The van der Waals surface area contributed by atoms with Crippen molar-refractivity contribution >= 4 is 36.0 Å². The van der Waals surface area contributed by atoms with Crippen LogP contribution in [0.3, 0.4) is 0 Å². The maximum Gasteiger partial charge on any atom is 0.491 e. The summed E-state index contributed by atoms with van der Waals surface area (Å²) in [5, 5.41) is 14.5. The van der Waals surface area contributed by atoms with Gasteiger partial charge >= 0.3 is 7.12 Å². The van der Waals surface area contributed by atoms with Crippen molar-refractivity contribution in [3.63, 3.8) is 0 Å². The lowest BCUT2D eigenvalue weighted by Gasteiger charge is -2.14. The summed E-state index contributed by atoms with van der Waals surface area (Å²) in [6.07, 6.45) is 2.79. The molecule has 0 aromatic heterocycles. The molecule has 2 aliphatic heterocycles. The molecule has 0 bridgehead atoms. The maximum atomic E-state index is 12.0. The average Bonchev–Trinajstić information content (AvgIpc) is 2.90. The number of hydrogen-bond donors (Lipinski definition) is 3. The Labute approximate surface area is 138 Å². The van der Waals surface area contributed by atoms with Gasteiger partial charge < -0.3 is 15.0 Å². The molecule has 1 aromatic carbocycles. The second-order valence-electron chi connectivity index (χ2n) is 5.60. The lowest BCUT2D eigenvalue weighted by atomic mass is 9.79. The highest BCUT2D eigenvalue weighted by atomic mass is 16.5. The molecule has 0 radical (unpaired) electrons. The third kappa shape index (κ3) is 3.29. The number of hydrogen-bond acceptors (Lipinski definition) is 5. The van der Waals surface area contributed by atoms with Gasteiger partial charge in [0.25, 0.3) is 5.91 Å². The standard InChI is InChI=1S/C16H15BN2O5/c1-9-10(6-15(21)19-16(9)22)3-5-14(20)18-12-4-2-11-8-24-17(23)13(11)7-12/h2-5,7,23H,6,8H2,1H3,(H,18,20)(H,19,21,22)/b5-3+. The Bertz CT molecular complexity index is 800. The van der Waals surface area contributed by atoms with E-state index in [9.17, 15) is 19.4 Å². The van der Waals surface area contributed by atoms with Crippen molar-refractivity contribution in [1.82, 2.24) is 5.32 Å². The number of carbonyl (C=O) groups is 3. The molecular formula is C16H15BN2O5. The second kappa shape index (κ2) is 6.42. The van der Waals surface area contributed by atoms with Crippen LogP contribution in [0.4, 0.5) is 5.69 Å². The first-order valence-electron chi connectivity index (χ1n) is 7.39. The van der Waals surface area contributed by atoms with Gasteiger partial charge in [0.05, 0.1) is 13.0 Å². The van der Waals surface area contributed by atoms with Crippen molar-refractivity contribution in [1.29, 1.82) is 0 Å². The van der Waals surface area contributed by atoms with Gasteiger partial charge in [0.1, 0.15) is 0 Å². The van der Waals surface area contributed by atoms with Crippen LogP contribution in [0.15, 0.2) is 41.5 Å². The van der Waals surface area contributed by atoms with Crippen LogP contribution < -0.4 is 16.1 Å². The number of fused-ring (bicyclic) bond motifs is 1. The first-order chi connectivity index (χ1) is 11.4. The van der Waals surface area contributed by atoms with Crippen LogP contribution in [0.1, 0.15) is 18.9 Å². The quantitative estimate of drug-likeness (QED) is 0.404. The van der Waals surface area contributed by atoms with E-state index in [1.165, 1.54) is 12.2 Å². The molecule has 2 heterocycles. The number of nitrogens with one attached hydrogen (secondary N) is 2. The minimum Gasteiger partial charge on any atom is -0.423 e. The number of anilines is 1. The van der Waals surface area contributed by atoms with Crippen molar-refractivity contribution in [3.05, 3.63) is 47.1 Å². The van der Waals surface area contributed by atoms with Crippen molar-refractivity contribution < 1.29 is 24.1 Å². The summed E-state index contributed by atoms with van der Waals surface area (Å²) in [6.45, 7) is 1.94. The van der Waals surface area contributed by atoms with Crippen LogP contribution in [-0.4, -0.2) is 29.9 Å². The van der Waals surface area contributed by atoms with Gasteiger partial charge in [-0.3, -0.25) is 19.7 Å². The van der Waals surface area contributed by atoms with Crippen LogP contribution in [0.25, 0.3) is 0 Å². The number of rotatable bonds is 3. The largest absolute Gasteiger partial charge is 0.491 e. The lowest BCUT2D eigenvalue weighted by Crippen LogP contribution is -2.35. The van der Waals surface area contributed by atoms with Gasteiger partial charge in [-0.2, -0.15) is 0 Å². The molecule has 0 saturated heterocycles. The van der Waals surface area contributed by atoms with E-state index in [0.717, 1.165) is 5.56 Å². The van der Waals surface area contributed by atoms with Crippen LogP contribution >= 0.6 is 0 Å². The number of amides is 3. The summed E-state index contributed by atoms with van der Waals surface area (Å²) < 4.78 is 5.09. The molecule has 3 N–H and O–H groups in total. The predicted molar refractivity (Wildman–Crippen MR) is 87.1 cm³/mol. The van der Waals surface area contributed by atoms with Crippen LogP contribution in [-0.2, 0) is 25.6 Å². The molecule has 1 aromatic rings. The van der Waals surface area contributed by atoms with Gasteiger partial charge in [-0.1, -0.05) is 12.1 Å². The Morgan fingerprint density at radius 3 is 3.00 bits per heavy atom. The van der Waals surface area contributed by atoms with Crippen LogP contribution in [0.5, 0.6) is 0 Å². The minimum absolute atomic E-state index is 0.0593. The average molecular weight is 326 g/mol. The van der Waals surface area contributed by atoms with Crippen molar-refractivity contribution in [2.24, 2.45) is 0 Å². The summed E-state index contributed by atoms with van der Waals surface area (Å²) in [5.41, 5.74) is 2.96. The molecule has 0 aliphatic carbocycles. The Kier molecular flexibility index (Phi) is 4.33. The van der Waals surface area contributed by atoms with E-state index in [1.807, 2.05) is 0 Å². The molecule has 0 saturated carbocycles. The van der Waals surface area contributed by atoms with Crippen molar-refractivity contribution in [3.8, 4) is 0 Å². The SMILES string of the molecule is CC1=C(/C=C/C(=O)Nc2ccc3c(c2)B(O)OC3)CC(=O)NC1=O. The summed E-state index contributed by atoms with van der Waals surface area (Å²) in [4.78, 5) is 34.9. The minimum atomic E-state index is -0.980. The summed E-state index contributed by atoms with van der Waals surface area (Å²) in [6, 6.07) is 5.15. The number of allylic oxidation sites excluding steroid dienone is 1. The molecule has 0 spiro atoms. The Morgan fingerprint density at radius 2 is 2.21 bits per heavy atom. The molecule has 2 aliphatic rings. The highest BCUT2D eigenvalue weighted by Gasteiger charge is 2.27. The topological polar surface area (TPSA) is 105 Å². The summed E-state index contributed by atoms with van der Waals surface area (Å²) in [5.74, 6) is -1.24. The maximum absolute atomic E-state index is 12.0. The van der Waals surface area contributed by atoms with E-state index in [-0.39, 0.29) is 6.42 Å². The van der Waals surface area contributed by atoms with Crippen molar-refractivity contribution in [2.75, 3.05) is 5.32 Å². The molecule has 8 heteroatoms. The fraction of sp³-hybridized carbons (Fsp3) is 0.188. The zero-order chi connectivity index (χ0) is 17.3. The Morgan fingerprint density at radius 1 is 1.42 bits per heavy atom. The summed E-state index contributed by atoms with van der Waals surface area (Å²) >= 11 is 0. The van der Waals surface area contributed by atoms with Gasteiger partial charge in [0, 0.05) is 17.3 Å². The van der Waals surface area contributed by atoms with E-state index < -0.39 is 24.8 Å². The highest BCUT2D eigenvalue weighted by molar-refractivity contribution is 6.61. The first-order valence-corrected chi connectivity index (χ1v) is 7.39. The zero-order valence-corrected chi connectivity index (χ0v) is 13.0. The number of carbonyl (C=O) groups excluding carboxylic acids is 3. The fourth-order valence-corrected chi connectivity index (χ4v) is 2.55. The molecule has 0 atom stereocenters. The molecule has 24 heavy (non-hydrogen) atoms. The van der Waals surface area contributed by atoms with Gasteiger partial charge in [0.15, 0.2) is 0 Å². The highest BCUT2D eigenvalue weighted by Crippen LogP contribution is 2.16. The van der Waals surface area contributed by atoms with E-state index >= 15 is 0 Å².